The van der Waals surface area contributed by atoms with Gasteiger partial charge in [0.05, 0.1) is 5.60 Å². The van der Waals surface area contributed by atoms with Crippen molar-refractivity contribution in [1.29, 1.82) is 0 Å². The molecule has 1 aliphatic heterocycles. The van der Waals surface area contributed by atoms with Gasteiger partial charge in [-0.2, -0.15) is 0 Å². The SMILES string of the molecule is COC(C)(C)C1CC2(CCN(C(=O)CC3C4CC5CC(C4)CC3C5)CC2)c2c(Br)cccc21. The number of hydrogen-bond donors (Lipinski definition) is 0. The fourth-order valence-electron chi connectivity index (χ4n) is 9.10. The van der Waals surface area contributed by atoms with Crippen molar-refractivity contribution < 1.29 is 9.53 Å². The van der Waals surface area contributed by atoms with Crippen molar-refractivity contribution in [3.8, 4) is 0 Å². The number of methoxy groups -OCH3 is 1. The van der Waals surface area contributed by atoms with Crippen molar-refractivity contribution in [1.82, 2.24) is 4.90 Å². The molecule has 6 aliphatic rings. The molecule has 33 heavy (non-hydrogen) atoms. The molecule has 1 unspecified atom stereocenters. The molecule has 1 amide bonds. The fraction of sp³-hybridized carbons (Fsp3) is 0.759. The van der Waals surface area contributed by atoms with Crippen molar-refractivity contribution in [2.24, 2.45) is 29.6 Å². The van der Waals surface area contributed by atoms with Gasteiger partial charge in [0, 0.05) is 42.4 Å². The van der Waals surface area contributed by atoms with Crippen LogP contribution < -0.4 is 0 Å². The first-order valence-corrected chi connectivity index (χ1v) is 14.2. The topological polar surface area (TPSA) is 29.5 Å². The van der Waals surface area contributed by atoms with E-state index in [2.05, 4.69) is 52.9 Å². The summed E-state index contributed by atoms with van der Waals surface area (Å²) < 4.78 is 7.20. The number of rotatable bonds is 4. The predicted molar refractivity (Wildman–Crippen MR) is 135 cm³/mol. The first kappa shape index (κ1) is 22.6. The van der Waals surface area contributed by atoms with E-state index in [1.54, 1.807) is 0 Å². The Bertz CT molecular complexity index is 904. The van der Waals surface area contributed by atoms with Crippen molar-refractivity contribution in [3.63, 3.8) is 0 Å². The number of carbonyl (C=O) groups excluding carboxylic acids is 1. The van der Waals surface area contributed by atoms with Crippen molar-refractivity contribution in [2.75, 3.05) is 20.2 Å². The van der Waals surface area contributed by atoms with Gasteiger partial charge in [-0.25, -0.2) is 0 Å². The molecule has 0 N–H and O–H groups in total. The minimum atomic E-state index is -0.189. The number of piperidine rings is 1. The smallest absolute Gasteiger partial charge is 0.222 e. The number of ether oxygens (including phenoxy) is 1. The minimum absolute atomic E-state index is 0.162. The van der Waals surface area contributed by atoms with Gasteiger partial charge in [0.15, 0.2) is 0 Å². The summed E-state index contributed by atoms with van der Waals surface area (Å²) in [6.45, 7) is 6.27. The van der Waals surface area contributed by atoms with Gasteiger partial charge in [-0.05, 0) is 112 Å². The number of amides is 1. The lowest BCUT2D eigenvalue weighted by molar-refractivity contribution is -0.138. The summed E-state index contributed by atoms with van der Waals surface area (Å²) in [6, 6.07) is 6.68. The van der Waals surface area contributed by atoms with Crippen LogP contribution in [0.1, 0.15) is 88.7 Å². The predicted octanol–water partition coefficient (Wildman–Crippen LogP) is 6.68. The molecule has 4 saturated carbocycles. The van der Waals surface area contributed by atoms with Gasteiger partial charge in [-0.3, -0.25) is 4.79 Å². The Hall–Kier alpha value is -0.870. The Morgan fingerprint density at radius 1 is 1.09 bits per heavy atom. The monoisotopic (exact) mass is 513 g/mol. The Morgan fingerprint density at radius 3 is 2.33 bits per heavy atom. The van der Waals surface area contributed by atoms with Crippen LogP contribution in [0.5, 0.6) is 0 Å². The van der Waals surface area contributed by atoms with Gasteiger partial charge in [-0.1, -0.05) is 28.1 Å². The highest BCUT2D eigenvalue weighted by molar-refractivity contribution is 9.10. The maximum atomic E-state index is 13.5. The summed E-state index contributed by atoms with van der Waals surface area (Å²) in [5, 5.41) is 0. The number of halogens is 1. The molecule has 1 aromatic rings. The Balaban J connectivity index is 1.16. The Kier molecular flexibility index (Phi) is 5.53. The van der Waals surface area contributed by atoms with E-state index >= 15 is 0 Å². The van der Waals surface area contributed by atoms with Crippen LogP contribution in [-0.2, 0) is 14.9 Å². The number of hydrogen-bond acceptors (Lipinski definition) is 2. The highest BCUT2D eigenvalue weighted by Crippen LogP contribution is 2.59. The second kappa shape index (κ2) is 8.08. The van der Waals surface area contributed by atoms with Crippen LogP contribution in [0, 0.1) is 29.6 Å². The standard InChI is InChI=1S/C29H40BrNO2/c1-28(2,33-3)24-17-29(27-22(24)5-4-6-25(27)30)7-9-31(10-8-29)26(32)16-23-20-12-18-11-19(14-20)15-21(23)13-18/h4-6,18-21,23-24H,7-17H2,1-3H3. The lowest BCUT2D eigenvalue weighted by Gasteiger charge is -2.54. The fourth-order valence-corrected chi connectivity index (χ4v) is 9.90. The third-order valence-corrected chi connectivity index (χ3v) is 11.5. The molecule has 1 saturated heterocycles. The molecule has 4 heteroatoms. The highest BCUT2D eigenvalue weighted by atomic mass is 79.9. The van der Waals surface area contributed by atoms with E-state index in [0.29, 0.717) is 17.7 Å². The molecule has 1 spiro atoms. The number of likely N-dealkylation sites (tertiary alicyclic amines) is 1. The Morgan fingerprint density at radius 2 is 1.73 bits per heavy atom. The quantitative estimate of drug-likeness (QED) is 0.448. The molecular weight excluding hydrogens is 474 g/mol. The molecule has 180 valence electrons. The summed E-state index contributed by atoms with van der Waals surface area (Å²) >= 11 is 3.90. The van der Waals surface area contributed by atoms with Gasteiger partial charge in [0.25, 0.3) is 0 Å². The molecule has 4 bridgehead atoms. The number of nitrogens with zero attached hydrogens (tertiary/aromatic N) is 1. The van der Waals surface area contributed by atoms with E-state index in [-0.39, 0.29) is 11.0 Å². The number of benzene rings is 1. The zero-order valence-electron chi connectivity index (χ0n) is 20.6. The van der Waals surface area contributed by atoms with Gasteiger partial charge in [-0.15, -0.1) is 0 Å². The first-order chi connectivity index (χ1) is 15.8. The van der Waals surface area contributed by atoms with E-state index in [4.69, 9.17) is 4.74 Å². The van der Waals surface area contributed by atoms with Gasteiger partial charge in [0.2, 0.25) is 5.91 Å². The zero-order chi connectivity index (χ0) is 23.0. The van der Waals surface area contributed by atoms with Gasteiger partial charge < -0.3 is 9.64 Å². The second-order valence-corrected chi connectivity index (χ2v) is 13.6. The summed E-state index contributed by atoms with van der Waals surface area (Å²) in [5.41, 5.74) is 2.92. The molecule has 0 aromatic heterocycles. The number of fused-ring (bicyclic) bond motifs is 2. The maximum Gasteiger partial charge on any atom is 0.222 e. The maximum absolute atomic E-state index is 13.5. The van der Waals surface area contributed by atoms with E-state index in [1.807, 2.05) is 7.11 Å². The third kappa shape index (κ3) is 3.64. The highest BCUT2D eigenvalue weighted by Gasteiger charge is 2.52. The van der Waals surface area contributed by atoms with Crippen LogP contribution in [0.2, 0.25) is 0 Å². The van der Waals surface area contributed by atoms with Crippen LogP contribution in [0.4, 0.5) is 0 Å². The van der Waals surface area contributed by atoms with Crippen LogP contribution in [-0.4, -0.2) is 36.6 Å². The normalized spacial score (nSPS) is 36.4. The molecule has 5 fully saturated rings. The van der Waals surface area contributed by atoms with Crippen LogP contribution in [0.25, 0.3) is 0 Å². The lowest BCUT2D eigenvalue weighted by atomic mass is 9.51. The summed E-state index contributed by atoms with van der Waals surface area (Å²) in [4.78, 5) is 15.7. The molecule has 3 nitrogen and oxygen atoms in total. The van der Waals surface area contributed by atoms with E-state index in [0.717, 1.165) is 62.4 Å². The molecular formula is C29H40BrNO2. The molecule has 1 aromatic carbocycles. The molecule has 0 radical (unpaired) electrons. The minimum Gasteiger partial charge on any atom is -0.378 e. The van der Waals surface area contributed by atoms with Crippen LogP contribution in [0.15, 0.2) is 22.7 Å². The molecule has 7 rings (SSSR count). The Labute approximate surface area is 208 Å². The number of carbonyl (C=O) groups is 1. The molecule has 1 heterocycles. The summed E-state index contributed by atoms with van der Waals surface area (Å²) in [6.07, 6.45) is 11.2. The first-order valence-electron chi connectivity index (χ1n) is 13.4. The van der Waals surface area contributed by atoms with Crippen molar-refractivity contribution >= 4 is 21.8 Å². The largest absolute Gasteiger partial charge is 0.378 e. The van der Waals surface area contributed by atoms with Gasteiger partial charge in [0.1, 0.15) is 0 Å². The average Bonchev–Trinajstić information content (AvgIpc) is 3.12. The van der Waals surface area contributed by atoms with Crippen LogP contribution in [0.3, 0.4) is 0 Å². The third-order valence-electron chi connectivity index (χ3n) is 10.8. The average molecular weight is 515 g/mol. The summed E-state index contributed by atoms with van der Waals surface area (Å²) in [7, 11) is 1.84. The van der Waals surface area contributed by atoms with Gasteiger partial charge >= 0.3 is 0 Å². The van der Waals surface area contributed by atoms with E-state index in [1.165, 1.54) is 47.7 Å². The van der Waals surface area contributed by atoms with E-state index < -0.39 is 0 Å². The van der Waals surface area contributed by atoms with Crippen LogP contribution >= 0.6 is 15.9 Å². The summed E-state index contributed by atoms with van der Waals surface area (Å²) in [5.74, 6) is 5.17. The van der Waals surface area contributed by atoms with Crippen molar-refractivity contribution in [3.05, 3.63) is 33.8 Å². The molecule has 5 aliphatic carbocycles. The lowest BCUT2D eigenvalue weighted by Crippen LogP contribution is -2.49. The van der Waals surface area contributed by atoms with E-state index in [9.17, 15) is 4.79 Å². The zero-order valence-corrected chi connectivity index (χ0v) is 22.2. The second-order valence-electron chi connectivity index (χ2n) is 12.7. The molecule has 1 atom stereocenters. The van der Waals surface area contributed by atoms with Crippen molar-refractivity contribution in [2.45, 2.75) is 88.6 Å².